The van der Waals surface area contributed by atoms with Crippen LogP contribution in [0.2, 0.25) is 5.02 Å². The lowest BCUT2D eigenvalue weighted by molar-refractivity contribution is 0.627. The van der Waals surface area contributed by atoms with E-state index in [-0.39, 0.29) is 10.6 Å². The first-order valence-corrected chi connectivity index (χ1v) is 7.01. The van der Waals surface area contributed by atoms with Gasteiger partial charge in [0.2, 0.25) is 0 Å². The van der Waals surface area contributed by atoms with Gasteiger partial charge in [0.05, 0.1) is 9.85 Å². The molecule has 0 bridgehead atoms. The summed E-state index contributed by atoms with van der Waals surface area (Å²) in [5, 5.41) is 0.665. The van der Waals surface area contributed by atoms with Crippen molar-refractivity contribution in [3.63, 3.8) is 0 Å². The van der Waals surface area contributed by atoms with Gasteiger partial charge in [-0.1, -0.05) is 51.8 Å². The van der Waals surface area contributed by atoms with Crippen molar-refractivity contribution in [1.29, 1.82) is 0 Å². The van der Waals surface area contributed by atoms with E-state index < -0.39 is 0 Å². The molecule has 0 nitrogen and oxygen atoms in total. The van der Waals surface area contributed by atoms with Gasteiger partial charge < -0.3 is 0 Å². The summed E-state index contributed by atoms with van der Waals surface area (Å²) in [5.74, 6) is -0.242. The van der Waals surface area contributed by atoms with Crippen molar-refractivity contribution in [1.82, 2.24) is 0 Å². The zero-order valence-electron chi connectivity index (χ0n) is 8.63. The molecule has 0 N–H and O–H groups in total. The summed E-state index contributed by atoms with van der Waals surface area (Å²) in [6.45, 7) is 0. The lowest BCUT2D eigenvalue weighted by Gasteiger charge is -2.13. The Balaban J connectivity index is 2.40. The highest BCUT2D eigenvalue weighted by Gasteiger charge is 2.15. The predicted octanol–water partition coefficient (Wildman–Crippen LogP) is 5.73. The molecule has 0 aliphatic carbocycles. The van der Waals surface area contributed by atoms with E-state index in [0.717, 1.165) is 15.6 Å². The van der Waals surface area contributed by atoms with Crippen LogP contribution >= 0.6 is 43.5 Å². The smallest absolute Gasteiger partial charge is 0.123 e. The maximum atomic E-state index is 12.8. The Kier molecular flexibility index (Phi) is 4.23. The number of alkyl halides is 1. The van der Waals surface area contributed by atoms with Crippen molar-refractivity contribution in [3.05, 3.63) is 68.9 Å². The Labute approximate surface area is 121 Å². The normalized spacial score (nSPS) is 12.5. The Morgan fingerprint density at radius 3 is 2.35 bits per heavy atom. The van der Waals surface area contributed by atoms with Gasteiger partial charge in [0.25, 0.3) is 0 Å². The molecule has 0 aromatic heterocycles. The van der Waals surface area contributed by atoms with Crippen molar-refractivity contribution >= 4 is 43.5 Å². The lowest BCUT2D eigenvalue weighted by atomic mass is 10.0. The first-order valence-electron chi connectivity index (χ1n) is 4.93. The Bertz CT molecular complexity index is 525. The Morgan fingerprint density at radius 2 is 1.71 bits per heavy atom. The molecule has 0 aliphatic heterocycles. The van der Waals surface area contributed by atoms with Gasteiger partial charge in [0.15, 0.2) is 0 Å². The summed E-state index contributed by atoms with van der Waals surface area (Å²) in [4.78, 5) is -0.0481. The molecule has 0 heterocycles. The predicted molar refractivity (Wildman–Crippen MR) is 76.3 cm³/mol. The second kappa shape index (κ2) is 5.51. The number of hydrogen-bond acceptors (Lipinski definition) is 0. The van der Waals surface area contributed by atoms with Crippen LogP contribution in [-0.4, -0.2) is 0 Å². The molecule has 2 aromatic rings. The Hall–Kier alpha value is -0.380. The molecule has 0 aliphatic rings. The van der Waals surface area contributed by atoms with Crippen molar-refractivity contribution in [3.8, 4) is 0 Å². The molecule has 0 fully saturated rings. The molecule has 88 valence electrons. The van der Waals surface area contributed by atoms with E-state index in [0.29, 0.717) is 5.02 Å². The van der Waals surface area contributed by atoms with Crippen LogP contribution in [0.15, 0.2) is 46.9 Å². The highest BCUT2D eigenvalue weighted by Crippen LogP contribution is 2.38. The molecule has 0 radical (unpaired) electrons. The second-order valence-electron chi connectivity index (χ2n) is 3.56. The summed E-state index contributed by atoms with van der Waals surface area (Å²) >= 11 is 13.2. The fourth-order valence-corrected chi connectivity index (χ4v) is 2.96. The fourth-order valence-electron chi connectivity index (χ4n) is 1.53. The minimum Gasteiger partial charge on any atom is -0.207 e. The van der Waals surface area contributed by atoms with Gasteiger partial charge in [0.1, 0.15) is 5.82 Å². The molecular weight excluding hydrogens is 370 g/mol. The minimum absolute atomic E-state index is 0.0481. The van der Waals surface area contributed by atoms with Gasteiger partial charge in [0, 0.05) is 4.47 Å². The molecule has 2 aromatic carbocycles. The third kappa shape index (κ3) is 2.90. The quantitative estimate of drug-likeness (QED) is 0.586. The van der Waals surface area contributed by atoms with Crippen LogP contribution in [0.5, 0.6) is 0 Å². The second-order valence-corrected chi connectivity index (χ2v) is 5.71. The van der Waals surface area contributed by atoms with Crippen molar-refractivity contribution in [2.75, 3.05) is 0 Å². The first kappa shape index (κ1) is 13.1. The van der Waals surface area contributed by atoms with Gasteiger partial charge >= 0.3 is 0 Å². The van der Waals surface area contributed by atoms with Crippen LogP contribution in [-0.2, 0) is 0 Å². The molecule has 0 amide bonds. The summed E-state index contributed by atoms with van der Waals surface area (Å²) in [5.41, 5.74) is 1.92. The van der Waals surface area contributed by atoms with Crippen molar-refractivity contribution < 1.29 is 4.39 Å². The molecule has 4 heteroatoms. The maximum absolute atomic E-state index is 12.8. The number of halogens is 4. The fraction of sp³-hybridized carbons (Fsp3) is 0.0769. The number of benzene rings is 2. The van der Waals surface area contributed by atoms with Crippen molar-refractivity contribution in [2.45, 2.75) is 4.83 Å². The highest BCUT2D eigenvalue weighted by atomic mass is 79.9. The van der Waals surface area contributed by atoms with Gasteiger partial charge in [-0.05, 0) is 45.3 Å². The standard InChI is InChI=1S/C13H8Br2ClF/c14-11-3-1-2-10(13(11)16)12(15)8-4-6-9(17)7-5-8/h1-7,12H. The van der Waals surface area contributed by atoms with E-state index in [1.54, 1.807) is 12.1 Å². The average Bonchev–Trinajstić information content (AvgIpc) is 2.33. The number of hydrogen-bond donors (Lipinski definition) is 0. The molecule has 17 heavy (non-hydrogen) atoms. The molecule has 2 rings (SSSR count). The van der Waals surface area contributed by atoms with Crippen LogP contribution in [0.1, 0.15) is 16.0 Å². The summed E-state index contributed by atoms with van der Waals surface area (Å²) in [6, 6.07) is 12.1. The van der Waals surface area contributed by atoms with E-state index in [9.17, 15) is 4.39 Å². The minimum atomic E-state index is -0.242. The molecule has 1 unspecified atom stereocenters. The zero-order chi connectivity index (χ0) is 12.4. The van der Waals surface area contributed by atoms with Crippen LogP contribution in [0, 0.1) is 5.82 Å². The maximum Gasteiger partial charge on any atom is 0.123 e. The summed E-state index contributed by atoms with van der Waals surface area (Å²) < 4.78 is 13.7. The zero-order valence-corrected chi connectivity index (χ0v) is 12.6. The van der Waals surface area contributed by atoms with Gasteiger partial charge in [-0.25, -0.2) is 4.39 Å². The summed E-state index contributed by atoms with van der Waals surface area (Å²) in [7, 11) is 0. The monoisotopic (exact) mass is 376 g/mol. The molecular formula is C13H8Br2ClF. The van der Waals surface area contributed by atoms with E-state index in [4.69, 9.17) is 11.6 Å². The number of rotatable bonds is 2. The van der Waals surface area contributed by atoms with Gasteiger partial charge in [-0.2, -0.15) is 0 Å². The van der Waals surface area contributed by atoms with Crippen LogP contribution < -0.4 is 0 Å². The van der Waals surface area contributed by atoms with E-state index in [1.807, 2.05) is 18.2 Å². The molecule has 0 spiro atoms. The van der Waals surface area contributed by atoms with Gasteiger partial charge in [-0.3, -0.25) is 0 Å². The lowest BCUT2D eigenvalue weighted by Crippen LogP contribution is -1.94. The SMILES string of the molecule is Fc1ccc(C(Br)c2cccc(Br)c2Cl)cc1. The molecule has 0 saturated carbocycles. The van der Waals surface area contributed by atoms with Crippen LogP contribution in [0.3, 0.4) is 0 Å². The van der Waals surface area contributed by atoms with Crippen LogP contribution in [0.25, 0.3) is 0 Å². The Morgan fingerprint density at radius 1 is 1.06 bits per heavy atom. The van der Waals surface area contributed by atoms with Crippen molar-refractivity contribution in [2.24, 2.45) is 0 Å². The largest absolute Gasteiger partial charge is 0.207 e. The van der Waals surface area contributed by atoms with E-state index in [2.05, 4.69) is 31.9 Å². The first-order chi connectivity index (χ1) is 8.09. The topological polar surface area (TPSA) is 0 Å². The van der Waals surface area contributed by atoms with E-state index in [1.165, 1.54) is 12.1 Å². The highest BCUT2D eigenvalue weighted by molar-refractivity contribution is 9.10. The van der Waals surface area contributed by atoms with Gasteiger partial charge in [-0.15, -0.1) is 0 Å². The van der Waals surface area contributed by atoms with Crippen LogP contribution in [0.4, 0.5) is 4.39 Å². The van der Waals surface area contributed by atoms with E-state index >= 15 is 0 Å². The average molecular weight is 378 g/mol. The third-order valence-corrected chi connectivity index (χ3v) is 4.75. The third-order valence-electron chi connectivity index (χ3n) is 2.42. The molecule has 1 atom stereocenters. The summed E-state index contributed by atoms with van der Waals surface area (Å²) in [6.07, 6.45) is 0. The molecule has 0 saturated heterocycles.